The van der Waals surface area contributed by atoms with E-state index < -0.39 is 0 Å². The van der Waals surface area contributed by atoms with Crippen molar-refractivity contribution in [2.24, 2.45) is 0 Å². The second kappa shape index (κ2) is 5.34. The summed E-state index contributed by atoms with van der Waals surface area (Å²) in [5.41, 5.74) is 1.04. The average Bonchev–Trinajstić information content (AvgIpc) is 2.19. The van der Waals surface area contributed by atoms with E-state index in [-0.39, 0.29) is 5.91 Å². The van der Waals surface area contributed by atoms with E-state index in [0.29, 0.717) is 13.1 Å². The summed E-state index contributed by atoms with van der Waals surface area (Å²) < 4.78 is 0. The smallest absolute Gasteiger partial charge is 0.236 e. The monoisotopic (exact) mass is 193 g/mol. The van der Waals surface area contributed by atoms with E-state index in [1.54, 1.807) is 31.4 Å². The molecule has 0 aromatic carbocycles. The SMILES string of the molecule is CNCC(=O)N(C)Cc1cccnc1. The maximum Gasteiger partial charge on any atom is 0.236 e. The molecule has 0 atom stereocenters. The van der Waals surface area contributed by atoms with Crippen molar-refractivity contribution in [1.29, 1.82) is 0 Å². The second-order valence-corrected chi connectivity index (χ2v) is 3.14. The summed E-state index contributed by atoms with van der Waals surface area (Å²) in [6.45, 7) is 0.977. The number of hydrogen-bond donors (Lipinski definition) is 1. The standard InChI is InChI=1S/C10H15N3O/c1-11-7-10(14)13(2)8-9-4-3-5-12-6-9/h3-6,11H,7-8H2,1-2H3. The largest absolute Gasteiger partial charge is 0.340 e. The lowest BCUT2D eigenvalue weighted by Gasteiger charge is -2.16. The Bertz CT molecular complexity index is 287. The molecular weight excluding hydrogens is 178 g/mol. The number of pyridine rings is 1. The highest BCUT2D eigenvalue weighted by Crippen LogP contribution is 2.00. The van der Waals surface area contributed by atoms with Gasteiger partial charge < -0.3 is 10.2 Å². The van der Waals surface area contributed by atoms with Gasteiger partial charge in [-0.25, -0.2) is 0 Å². The van der Waals surface area contributed by atoms with E-state index >= 15 is 0 Å². The Hall–Kier alpha value is -1.42. The molecule has 76 valence electrons. The van der Waals surface area contributed by atoms with Crippen LogP contribution >= 0.6 is 0 Å². The van der Waals surface area contributed by atoms with Crippen molar-refractivity contribution in [3.8, 4) is 0 Å². The number of amides is 1. The highest BCUT2D eigenvalue weighted by atomic mass is 16.2. The highest BCUT2D eigenvalue weighted by Gasteiger charge is 2.07. The predicted molar refractivity (Wildman–Crippen MR) is 54.6 cm³/mol. The summed E-state index contributed by atoms with van der Waals surface area (Å²) in [7, 11) is 3.54. The normalized spacial score (nSPS) is 9.86. The van der Waals surface area contributed by atoms with Crippen molar-refractivity contribution in [3.05, 3.63) is 30.1 Å². The maximum atomic E-state index is 11.4. The van der Waals surface area contributed by atoms with Crippen LogP contribution < -0.4 is 5.32 Å². The van der Waals surface area contributed by atoms with Crippen LogP contribution in [0.15, 0.2) is 24.5 Å². The summed E-state index contributed by atoms with van der Waals surface area (Å²) in [6.07, 6.45) is 3.49. The Morgan fingerprint density at radius 2 is 2.43 bits per heavy atom. The number of rotatable bonds is 4. The summed E-state index contributed by atoms with van der Waals surface area (Å²) in [4.78, 5) is 17.1. The van der Waals surface area contributed by atoms with Gasteiger partial charge >= 0.3 is 0 Å². The van der Waals surface area contributed by atoms with E-state index in [2.05, 4.69) is 10.3 Å². The third-order valence-electron chi connectivity index (χ3n) is 1.90. The molecule has 1 N–H and O–H groups in total. The predicted octanol–water partition coefficient (Wildman–Crippen LogP) is 0.259. The first kappa shape index (κ1) is 10.7. The highest BCUT2D eigenvalue weighted by molar-refractivity contribution is 5.77. The van der Waals surface area contributed by atoms with Crippen LogP contribution in [0.2, 0.25) is 0 Å². The summed E-state index contributed by atoms with van der Waals surface area (Å²) in [5.74, 6) is 0.0800. The van der Waals surface area contributed by atoms with Crippen molar-refractivity contribution in [2.75, 3.05) is 20.6 Å². The van der Waals surface area contributed by atoms with Crippen LogP contribution in [0, 0.1) is 0 Å². The zero-order valence-corrected chi connectivity index (χ0v) is 8.53. The molecule has 4 heteroatoms. The topological polar surface area (TPSA) is 45.2 Å². The van der Waals surface area contributed by atoms with Crippen molar-refractivity contribution >= 4 is 5.91 Å². The van der Waals surface area contributed by atoms with E-state index in [9.17, 15) is 4.79 Å². The molecule has 0 fully saturated rings. The molecule has 1 heterocycles. The first-order valence-electron chi connectivity index (χ1n) is 4.51. The van der Waals surface area contributed by atoms with Crippen molar-refractivity contribution in [1.82, 2.24) is 15.2 Å². The Balaban J connectivity index is 2.49. The minimum Gasteiger partial charge on any atom is -0.340 e. The van der Waals surface area contributed by atoms with Gasteiger partial charge in [0.25, 0.3) is 0 Å². The molecule has 0 aliphatic carbocycles. The molecule has 0 spiro atoms. The first-order chi connectivity index (χ1) is 6.74. The fraction of sp³-hybridized carbons (Fsp3) is 0.400. The van der Waals surface area contributed by atoms with Crippen LogP contribution in [0.3, 0.4) is 0 Å². The molecule has 0 aliphatic heterocycles. The molecule has 4 nitrogen and oxygen atoms in total. The quantitative estimate of drug-likeness (QED) is 0.746. The molecule has 0 bridgehead atoms. The van der Waals surface area contributed by atoms with Crippen LogP contribution in [0.4, 0.5) is 0 Å². The molecule has 0 aliphatic rings. The summed E-state index contributed by atoms with van der Waals surface area (Å²) in [5, 5.41) is 2.83. The zero-order chi connectivity index (χ0) is 10.4. The van der Waals surface area contributed by atoms with Gasteiger partial charge in [-0.3, -0.25) is 9.78 Å². The lowest BCUT2D eigenvalue weighted by atomic mass is 10.3. The Kier molecular flexibility index (Phi) is 4.07. The number of likely N-dealkylation sites (N-methyl/N-ethyl adjacent to an activating group) is 2. The van der Waals surface area contributed by atoms with Crippen LogP contribution in [0.1, 0.15) is 5.56 Å². The second-order valence-electron chi connectivity index (χ2n) is 3.14. The van der Waals surface area contributed by atoms with Gasteiger partial charge in [0.1, 0.15) is 0 Å². The third kappa shape index (κ3) is 3.14. The number of carbonyl (C=O) groups is 1. The van der Waals surface area contributed by atoms with Crippen LogP contribution in [0.25, 0.3) is 0 Å². The van der Waals surface area contributed by atoms with Gasteiger partial charge in [0.05, 0.1) is 6.54 Å². The van der Waals surface area contributed by atoms with Crippen LogP contribution in [0.5, 0.6) is 0 Å². The van der Waals surface area contributed by atoms with Crippen molar-refractivity contribution in [3.63, 3.8) is 0 Å². The molecule has 0 saturated carbocycles. The van der Waals surface area contributed by atoms with Gasteiger partial charge in [0.15, 0.2) is 0 Å². The number of nitrogens with zero attached hydrogens (tertiary/aromatic N) is 2. The Morgan fingerprint density at radius 3 is 3.00 bits per heavy atom. The molecule has 1 rings (SSSR count). The average molecular weight is 193 g/mol. The van der Waals surface area contributed by atoms with E-state index in [1.165, 1.54) is 0 Å². The summed E-state index contributed by atoms with van der Waals surface area (Å²) >= 11 is 0. The van der Waals surface area contributed by atoms with E-state index in [1.807, 2.05) is 12.1 Å². The molecule has 1 amide bonds. The van der Waals surface area contributed by atoms with Gasteiger partial charge in [-0.2, -0.15) is 0 Å². The van der Waals surface area contributed by atoms with Gasteiger partial charge in [-0.05, 0) is 18.7 Å². The molecular formula is C10H15N3O. The Labute approximate surface area is 83.9 Å². The summed E-state index contributed by atoms with van der Waals surface area (Å²) in [6, 6.07) is 3.82. The number of nitrogens with one attached hydrogen (secondary N) is 1. The fourth-order valence-corrected chi connectivity index (χ4v) is 1.14. The maximum absolute atomic E-state index is 11.4. The molecule has 0 saturated heterocycles. The van der Waals surface area contributed by atoms with Crippen molar-refractivity contribution < 1.29 is 4.79 Å². The molecule has 14 heavy (non-hydrogen) atoms. The zero-order valence-electron chi connectivity index (χ0n) is 8.53. The van der Waals surface area contributed by atoms with Crippen molar-refractivity contribution in [2.45, 2.75) is 6.54 Å². The van der Waals surface area contributed by atoms with E-state index in [0.717, 1.165) is 5.56 Å². The van der Waals surface area contributed by atoms with Gasteiger partial charge in [-0.1, -0.05) is 6.07 Å². The van der Waals surface area contributed by atoms with Crippen LogP contribution in [-0.2, 0) is 11.3 Å². The van der Waals surface area contributed by atoms with Gasteiger partial charge in [0.2, 0.25) is 5.91 Å². The molecule has 0 unspecified atom stereocenters. The number of carbonyl (C=O) groups excluding carboxylic acids is 1. The fourth-order valence-electron chi connectivity index (χ4n) is 1.14. The van der Waals surface area contributed by atoms with Crippen LogP contribution in [-0.4, -0.2) is 36.4 Å². The molecule has 0 radical (unpaired) electrons. The Morgan fingerprint density at radius 1 is 1.64 bits per heavy atom. The molecule has 1 aromatic heterocycles. The minimum atomic E-state index is 0.0800. The lowest BCUT2D eigenvalue weighted by molar-refractivity contribution is -0.129. The number of hydrogen-bond acceptors (Lipinski definition) is 3. The van der Waals surface area contributed by atoms with E-state index in [4.69, 9.17) is 0 Å². The molecule has 1 aromatic rings. The number of aromatic nitrogens is 1. The lowest BCUT2D eigenvalue weighted by Crippen LogP contribution is -2.33. The van der Waals surface area contributed by atoms with Gasteiger partial charge in [-0.15, -0.1) is 0 Å². The van der Waals surface area contributed by atoms with Gasteiger partial charge in [0, 0.05) is 26.0 Å². The first-order valence-corrected chi connectivity index (χ1v) is 4.51. The third-order valence-corrected chi connectivity index (χ3v) is 1.90. The minimum absolute atomic E-state index is 0.0800.